The standard InChI is InChI=1S/C9H11ClN2O/c1-13-7-2-3-8(10)6(4-7)5-9(11)12/h2-4H,5H2,1H3,(H3,11,12). The van der Waals surface area contributed by atoms with Gasteiger partial charge >= 0.3 is 0 Å². The van der Waals surface area contributed by atoms with Gasteiger partial charge in [0, 0.05) is 11.4 Å². The lowest BCUT2D eigenvalue weighted by Crippen LogP contribution is -2.12. The molecule has 0 aliphatic rings. The molecule has 0 aliphatic heterocycles. The molecule has 1 aromatic carbocycles. The van der Waals surface area contributed by atoms with Crippen molar-refractivity contribution in [2.75, 3.05) is 7.11 Å². The third-order valence-electron chi connectivity index (χ3n) is 1.63. The molecule has 1 rings (SSSR count). The number of amidine groups is 1. The average molecular weight is 199 g/mol. The molecule has 0 radical (unpaired) electrons. The topological polar surface area (TPSA) is 59.1 Å². The Morgan fingerprint density at radius 3 is 2.85 bits per heavy atom. The number of halogens is 1. The Balaban J connectivity index is 2.96. The van der Waals surface area contributed by atoms with Gasteiger partial charge in [0.05, 0.1) is 12.9 Å². The maximum Gasteiger partial charge on any atom is 0.119 e. The summed E-state index contributed by atoms with van der Waals surface area (Å²) >= 11 is 5.89. The van der Waals surface area contributed by atoms with Gasteiger partial charge in [-0.3, -0.25) is 5.41 Å². The lowest BCUT2D eigenvalue weighted by Gasteiger charge is -2.05. The van der Waals surface area contributed by atoms with Gasteiger partial charge in [-0.05, 0) is 23.8 Å². The highest BCUT2D eigenvalue weighted by molar-refractivity contribution is 6.31. The highest BCUT2D eigenvalue weighted by Gasteiger charge is 2.03. The van der Waals surface area contributed by atoms with Gasteiger partial charge in [-0.15, -0.1) is 0 Å². The normalized spacial score (nSPS) is 9.69. The number of nitrogens with one attached hydrogen (secondary N) is 1. The Morgan fingerprint density at radius 1 is 1.62 bits per heavy atom. The molecule has 4 heteroatoms. The van der Waals surface area contributed by atoms with Gasteiger partial charge in [0.15, 0.2) is 0 Å². The van der Waals surface area contributed by atoms with E-state index in [1.54, 1.807) is 25.3 Å². The quantitative estimate of drug-likeness (QED) is 0.575. The van der Waals surface area contributed by atoms with Crippen molar-refractivity contribution in [2.45, 2.75) is 6.42 Å². The molecule has 0 unspecified atom stereocenters. The summed E-state index contributed by atoms with van der Waals surface area (Å²) < 4.78 is 5.02. The molecular weight excluding hydrogens is 188 g/mol. The second-order valence-corrected chi connectivity index (χ2v) is 3.07. The van der Waals surface area contributed by atoms with E-state index in [4.69, 9.17) is 27.5 Å². The van der Waals surface area contributed by atoms with Crippen LogP contribution in [0.3, 0.4) is 0 Å². The second kappa shape index (κ2) is 4.14. The fourth-order valence-electron chi connectivity index (χ4n) is 1.02. The maximum atomic E-state index is 7.13. The molecule has 3 nitrogen and oxygen atoms in total. The first kappa shape index (κ1) is 9.86. The Labute approximate surface area is 82.0 Å². The molecule has 3 N–H and O–H groups in total. The van der Waals surface area contributed by atoms with E-state index in [1.807, 2.05) is 0 Å². The zero-order valence-electron chi connectivity index (χ0n) is 7.30. The van der Waals surface area contributed by atoms with Crippen LogP contribution in [0, 0.1) is 5.41 Å². The minimum absolute atomic E-state index is 0.0927. The molecule has 0 aromatic heterocycles. The maximum absolute atomic E-state index is 7.13. The number of hydrogen-bond acceptors (Lipinski definition) is 2. The van der Waals surface area contributed by atoms with Gasteiger partial charge < -0.3 is 10.5 Å². The summed E-state index contributed by atoms with van der Waals surface area (Å²) in [7, 11) is 1.58. The fourth-order valence-corrected chi connectivity index (χ4v) is 1.20. The summed E-state index contributed by atoms with van der Waals surface area (Å²) in [5.74, 6) is 0.816. The Bertz CT molecular complexity index is 325. The lowest BCUT2D eigenvalue weighted by atomic mass is 10.1. The van der Waals surface area contributed by atoms with Crippen LogP contribution < -0.4 is 10.5 Å². The summed E-state index contributed by atoms with van der Waals surface area (Å²) in [6.45, 7) is 0. The molecule has 0 spiro atoms. The number of rotatable bonds is 3. The predicted octanol–water partition coefficient (Wildman–Crippen LogP) is 1.83. The molecule has 0 heterocycles. The molecule has 0 bridgehead atoms. The molecule has 0 saturated carbocycles. The fraction of sp³-hybridized carbons (Fsp3) is 0.222. The summed E-state index contributed by atoms with van der Waals surface area (Å²) in [4.78, 5) is 0. The first-order chi connectivity index (χ1) is 6.13. The smallest absolute Gasteiger partial charge is 0.119 e. The van der Waals surface area contributed by atoms with E-state index in [0.29, 0.717) is 11.4 Å². The second-order valence-electron chi connectivity index (χ2n) is 2.66. The van der Waals surface area contributed by atoms with Crippen molar-refractivity contribution >= 4 is 17.4 Å². The molecule has 0 saturated heterocycles. The largest absolute Gasteiger partial charge is 0.497 e. The number of methoxy groups -OCH3 is 1. The van der Waals surface area contributed by atoms with E-state index in [-0.39, 0.29) is 5.84 Å². The van der Waals surface area contributed by atoms with Gasteiger partial charge in [0.2, 0.25) is 0 Å². The summed E-state index contributed by atoms with van der Waals surface area (Å²) in [6.07, 6.45) is 0.357. The third-order valence-corrected chi connectivity index (χ3v) is 2.00. The first-order valence-electron chi connectivity index (χ1n) is 3.79. The number of hydrogen-bond donors (Lipinski definition) is 2. The van der Waals surface area contributed by atoms with Crippen molar-refractivity contribution in [3.8, 4) is 5.75 Å². The molecule has 0 amide bonds. The lowest BCUT2D eigenvalue weighted by molar-refractivity contribution is 0.414. The monoisotopic (exact) mass is 198 g/mol. The van der Waals surface area contributed by atoms with Crippen LogP contribution in [-0.4, -0.2) is 12.9 Å². The van der Waals surface area contributed by atoms with Gasteiger partial charge in [-0.2, -0.15) is 0 Å². The molecule has 70 valence electrons. The highest BCUT2D eigenvalue weighted by Crippen LogP contribution is 2.22. The minimum atomic E-state index is 0.0927. The van der Waals surface area contributed by atoms with Crippen LogP contribution in [-0.2, 0) is 6.42 Å². The molecule has 0 atom stereocenters. The third kappa shape index (κ3) is 2.63. The molecule has 1 aromatic rings. The zero-order valence-corrected chi connectivity index (χ0v) is 8.06. The van der Waals surface area contributed by atoms with Gasteiger partial charge in [0.25, 0.3) is 0 Å². The van der Waals surface area contributed by atoms with E-state index < -0.39 is 0 Å². The van der Waals surface area contributed by atoms with Crippen LogP contribution in [0.2, 0.25) is 5.02 Å². The molecule has 13 heavy (non-hydrogen) atoms. The van der Waals surface area contributed by atoms with E-state index in [2.05, 4.69) is 0 Å². The van der Waals surface area contributed by atoms with E-state index in [1.165, 1.54) is 0 Å². The van der Waals surface area contributed by atoms with Crippen LogP contribution >= 0.6 is 11.6 Å². The van der Waals surface area contributed by atoms with Crippen LogP contribution in [0.4, 0.5) is 0 Å². The minimum Gasteiger partial charge on any atom is -0.497 e. The molecular formula is C9H11ClN2O. The van der Waals surface area contributed by atoms with E-state index in [0.717, 1.165) is 11.3 Å². The Kier molecular flexibility index (Phi) is 3.14. The number of nitrogens with two attached hydrogens (primary N) is 1. The van der Waals surface area contributed by atoms with Crippen molar-refractivity contribution < 1.29 is 4.74 Å². The zero-order chi connectivity index (χ0) is 9.84. The predicted molar refractivity (Wildman–Crippen MR) is 53.6 cm³/mol. The van der Waals surface area contributed by atoms with Gasteiger partial charge in [-0.25, -0.2) is 0 Å². The van der Waals surface area contributed by atoms with Crippen molar-refractivity contribution in [3.63, 3.8) is 0 Å². The van der Waals surface area contributed by atoms with Crippen LogP contribution in [0.5, 0.6) is 5.75 Å². The summed E-state index contributed by atoms with van der Waals surface area (Å²) in [6, 6.07) is 5.29. The van der Waals surface area contributed by atoms with E-state index in [9.17, 15) is 0 Å². The van der Waals surface area contributed by atoms with Crippen molar-refractivity contribution in [1.29, 1.82) is 5.41 Å². The number of benzene rings is 1. The van der Waals surface area contributed by atoms with Crippen LogP contribution in [0.1, 0.15) is 5.56 Å². The van der Waals surface area contributed by atoms with Gasteiger partial charge in [0.1, 0.15) is 5.75 Å². The van der Waals surface area contributed by atoms with E-state index >= 15 is 0 Å². The average Bonchev–Trinajstić information content (AvgIpc) is 2.08. The summed E-state index contributed by atoms with van der Waals surface area (Å²) in [5.41, 5.74) is 6.08. The summed E-state index contributed by atoms with van der Waals surface area (Å²) in [5, 5.41) is 7.74. The van der Waals surface area contributed by atoms with Crippen molar-refractivity contribution in [1.82, 2.24) is 0 Å². The highest BCUT2D eigenvalue weighted by atomic mass is 35.5. The molecule has 0 fully saturated rings. The van der Waals surface area contributed by atoms with Crippen LogP contribution in [0.15, 0.2) is 18.2 Å². The number of ether oxygens (including phenoxy) is 1. The first-order valence-corrected chi connectivity index (χ1v) is 4.16. The SMILES string of the molecule is COc1ccc(Cl)c(CC(=N)N)c1. The van der Waals surface area contributed by atoms with Crippen molar-refractivity contribution in [2.24, 2.45) is 5.73 Å². The van der Waals surface area contributed by atoms with Gasteiger partial charge in [-0.1, -0.05) is 11.6 Å². The van der Waals surface area contributed by atoms with Crippen LogP contribution in [0.25, 0.3) is 0 Å². The van der Waals surface area contributed by atoms with Crippen molar-refractivity contribution in [3.05, 3.63) is 28.8 Å². The Hall–Kier alpha value is -1.22. The molecule has 0 aliphatic carbocycles. The Morgan fingerprint density at radius 2 is 2.31 bits per heavy atom.